The summed E-state index contributed by atoms with van der Waals surface area (Å²) in [6.07, 6.45) is -4.64. The summed E-state index contributed by atoms with van der Waals surface area (Å²) in [6, 6.07) is 12.7. The minimum absolute atomic E-state index is 0.297. The first-order valence-electron chi connectivity index (χ1n) is 8.92. The zero-order valence-corrected chi connectivity index (χ0v) is 15.0. The van der Waals surface area contributed by atoms with Crippen LogP contribution >= 0.6 is 0 Å². The molecule has 1 aliphatic rings. The maximum atomic E-state index is 12.7. The molecular formula is C20H19F3N4O. The van der Waals surface area contributed by atoms with Gasteiger partial charge in [0.25, 0.3) is 0 Å². The Balaban J connectivity index is 1.48. The van der Waals surface area contributed by atoms with Crippen molar-refractivity contribution in [3.8, 4) is 0 Å². The second-order valence-corrected chi connectivity index (χ2v) is 6.76. The van der Waals surface area contributed by atoms with Crippen LogP contribution in [-0.2, 0) is 17.5 Å². The fraction of sp³-hybridized carbons (Fsp3) is 0.300. The van der Waals surface area contributed by atoms with E-state index in [-0.39, 0.29) is 6.10 Å². The third kappa shape index (κ3) is 3.93. The predicted octanol–water partition coefficient (Wildman–Crippen LogP) is 3.80. The van der Waals surface area contributed by atoms with Gasteiger partial charge in [-0.15, -0.1) is 0 Å². The normalized spacial score (nSPS) is 18.5. The Labute approximate surface area is 160 Å². The molecule has 1 unspecified atom stereocenters. The van der Waals surface area contributed by atoms with Crippen molar-refractivity contribution in [1.82, 2.24) is 14.9 Å². The number of ether oxygens (including phenoxy) is 1. The van der Waals surface area contributed by atoms with E-state index in [4.69, 9.17) is 10.5 Å². The number of nitrogen functional groups attached to an aromatic ring is 1. The van der Waals surface area contributed by atoms with Crippen molar-refractivity contribution in [2.45, 2.75) is 18.8 Å². The zero-order valence-electron chi connectivity index (χ0n) is 15.0. The highest BCUT2D eigenvalue weighted by Gasteiger charge is 2.31. The average molecular weight is 388 g/mol. The monoisotopic (exact) mass is 388 g/mol. The molecule has 0 spiro atoms. The number of benzene rings is 2. The maximum absolute atomic E-state index is 12.7. The molecule has 1 atom stereocenters. The van der Waals surface area contributed by atoms with E-state index in [1.54, 1.807) is 0 Å². The minimum atomic E-state index is -4.34. The molecule has 2 heterocycles. The fourth-order valence-electron chi connectivity index (χ4n) is 3.36. The summed E-state index contributed by atoms with van der Waals surface area (Å²) < 4.78 is 44.0. The summed E-state index contributed by atoms with van der Waals surface area (Å²) in [5.41, 5.74) is 6.89. The van der Waals surface area contributed by atoms with Gasteiger partial charge in [0.2, 0.25) is 0 Å². The Hall–Kier alpha value is -2.71. The lowest BCUT2D eigenvalue weighted by atomic mass is 10.1. The number of morpholine rings is 1. The van der Waals surface area contributed by atoms with Crippen LogP contribution in [0.1, 0.15) is 23.1 Å². The number of hydrogen-bond acceptors (Lipinski definition) is 5. The van der Waals surface area contributed by atoms with E-state index < -0.39 is 11.7 Å². The molecule has 0 aliphatic carbocycles. The van der Waals surface area contributed by atoms with Gasteiger partial charge >= 0.3 is 6.18 Å². The van der Waals surface area contributed by atoms with Crippen LogP contribution < -0.4 is 5.73 Å². The van der Waals surface area contributed by atoms with E-state index in [1.165, 1.54) is 12.1 Å². The number of para-hydroxylation sites is 1. The molecule has 8 heteroatoms. The van der Waals surface area contributed by atoms with Crippen molar-refractivity contribution in [3.63, 3.8) is 0 Å². The van der Waals surface area contributed by atoms with Gasteiger partial charge in [-0.2, -0.15) is 13.2 Å². The standard InChI is InChI=1S/C20H19F3N4O/c21-20(22,23)14-7-5-13(6-8-14)17-11-27(9-10-28-17)12-18-25-16-4-2-1-3-15(16)19(24)26-18/h1-8,17H,9-12H2,(H2,24,25,26). The number of nitrogens with two attached hydrogens (primary N) is 1. The van der Waals surface area contributed by atoms with Crippen LogP contribution in [0.2, 0.25) is 0 Å². The molecule has 28 heavy (non-hydrogen) atoms. The van der Waals surface area contributed by atoms with Crippen LogP contribution in [-0.4, -0.2) is 34.6 Å². The third-order valence-corrected chi connectivity index (χ3v) is 4.80. The second-order valence-electron chi connectivity index (χ2n) is 6.76. The smallest absolute Gasteiger partial charge is 0.383 e. The van der Waals surface area contributed by atoms with E-state index in [1.807, 2.05) is 24.3 Å². The van der Waals surface area contributed by atoms with Gasteiger partial charge in [-0.1, -0.05) is 24.3 Å². The molecule has 0 bridgehead atoms. The van der Waals surface area contributed by atoms with Gasteiger partial charge in [-0.25, -0.2) is 9.97 Å². The summed E-state index contributed by atoms with van der Waals surface area (Å²) in [7, 11) is 0. The number of alkyl halides is 3. The molecule has 2 N–H and O–H groups in total. The SMILES string of the molecule is Nc1nc(CN2CCOC(c3ccc(C(F)(F)F)cc3)C2)nc2ccccc12. The first kappa shape index (κ1) is 18.6. The number of anilines is 1. The molecule has 0 saturated carbocycles. The Morgan fingerprint density at radius 2 is 1.82 bits per heavy atom. The van der Waals surface area contributed by atoms with Gasteiger partial charge in [0, 0.05) is 18.5 Å². The molecule has 146 valence electrons. The molecule has 0 radical (unpaired) electrons. The summed E-state index contributed by atoms with van der Waals surface area (Å²) >= 11 is 0. The van der Waals surface area contributed by atoms with E-state index in [2.05, 4.69) is 14.9 Å². The van der Waals surface area contributed by atoms with Crippen LogP contribution in [0.3, 0.4) is 0 Å². The van der Waals surface area contributed by atoms with Crippen molar-refractivity contribution in [1.29, 1.82) is 0 Å². The molecule has 4 rings (SSSR count). The number of halogens is 3. The summed E-state index contributed by atoms with van der Waals surface area (Å²) in [5.74, 6) is 1.05. The van der Waals surface area contributed by atoms with E-state index in [9.17, 15) is 13.2 Å². The second kappa shape index (κ2) is 7.37. The maximum Gasteiger partial charge on any atom is 0.416 e. The van der Waals surface area contributed by atoms with E-state index in [0.29, 0.717) is 37.9 Å². The van der Waals surface area contributed by atoms with Gasteiger partial charge < -0.3 is 10.5 Å². The fourth-order valence-corrected chi connectivity index (χ4v) is 3.36. The molecular weight excluding hydrogens is 369 g/mol. The summed E-state index contributed by atoms with van der Waals surface area (Å²) in [4.78, 5) is 11.1. The molecule has 2 aromatic carbocycles. The van der Waals surface area contributed by atoms with Crippen LogP contribution in [0.15, 0.2) is 48.5 Å². The van der Waals surface area contributed by atoms with Gasteiger partial charge in [0.05, 0.1) is 30.3 Å². The van der Waals surface area contributed by atoms with Crippen molar-refractivity contribution in [2.24, 2.45) is 0 Å². The quantitative estimate of drug-likeness (QED) is 0.739. The number of rotatable bonds is 3. The number of hydrogen-bond donors (Lipinski definition) is 1. The van der Waals surface area contributed by atoms with Gasteiger partial charge in [0.15, 0.2) is 0 Å². The molecule has 1 aliphatic heterocycles. The molecule has 1 saturated heterocycles. The third-order valence-electron chi connectivity index (χ3n) is 4.80. The van der Waals surface area contributed by atoms with Gasteiger partial charge in [-0.3, -0.25) is 4.90 Å². The topological polar surface area (TPSA) is 64.3 Å². The lowest BCUT2D eigenvalue weighted by Crippen LogP contribution is -2.38. The van der Waals surface area contributed by atoms with Crippen molar-refractivity contribution in [3.05, 3.63) is 65.5 Å². The Morgan fingerprint density at radius 3 is 2.57 bits per heavy atom. The predicted molar refractivity (Wildman–Crippen MR) is 99.4 cm³/mol. The molecule has 1 aromatic heterocycles. The first-order valence-corrected chi connectivity index (χ1v) is 8.92. The molecule has 0 amide bonds. The Bertz CT molecular complexity index is 975. The largest absolute Gasteiger partial charge is 0.416 e. The lowest BCUT2D eigenvalue weighted by molar-refractivity contribution is -0.137. The highest BCUT2D eigenvalue weighted by Crippen LogP contribution is 2.31. The van der Waals surface area contributed by atoms with Crippen LogP contribution in [0.25, 0.3) is 10.9 Å². The van der Waals surface area contributed by atoms with Crippen molar-refractivity contribution in [2.75, 3.05) is 25.4 Å². The number of nitrogens with zero attached hydrogens (tertiary/aromatic N) is 3. The van der Waals surface area contributed by atoms with Crippen molar-refractivity contribution >= 4 is 16.7 Å². The zero-order chi connectivity index (χ0) is 19.7. The number of aromatic nitrogens is 2. The molecule has 1 fully saturated rings. The van der Waals surface area contributed by atoms with Crippen molar-refractivity contribution < 1.29 is 17.9 Å². The van der Waals surface area contributed by atoms with Crippen LogP contribution in [0.4, 0.5) is 19.0 Å². The highest BCUT2D eigenvalue weighted by atomic mass is 19.4. The summed E-state index contributed by atoms with van der Waals surface area (Å²) in [5, 5.41) is 0.816. The van der Waals surface area contributed by atoms with E-state index in [0.717, 1.165) is 28.6 Å². The highest BCUT2D eigenvalue weighted by molar-refractivity contribution is 5.87. The van der Waals surface area contributed by atoms with Crippen LogP contribution in [0.5, 0.6) is 0 Å². The van der Waals surface area contributed by atoms with Gasteiger partial charge in [-0.05, 0) is 29.8 Å². The first-order chi connectivity index (χ1) is 13.4. The number of fused-ring (bicyclic) bond motifs is 1. The van der Waals surface area contributed by atoms with E-state index >= 15 is 0 Å². The average Bonchev–Trinajstić information content (AvgIpc) is 2.68. The van der Waals surface area contributed by atoms with Crippen LogP contribution in [0, 0.1) is 0 Å². The summed E-state index contributed by atoms with van der Waals surface area (Å²) in [6.45, 7) is 2.21. The molecule has 5 nitrogen and oxygen atoms in total. The van der Waals surface area contributed by atoms with Gasteiger partial charge in [0.1, 0.15) is 11.6 Å². The molecule has 3 aromatic rings. The minimum Gasteiger partial charge on any atom is -0.383 e. The Kier molecular flexibility index (Phi) is 4.91. The Morgan fingerprint density at radius 1 is 1.07 bits per heavy atom. The lowest BCUT2D eigenvalue weighted by Gasteiger charge is -2.32.